The lowest BCUT2D eigenvalue weighted by molar-refractivity contribution is 0.103. The average Bonchev–Trinajstić information content (AvgIpc) is 2.69. The van der Waals surface area contributed by atoms with Crippen LogP contribution in [0.2, 0.25) is 0 Å². The Morgan fingerprint density at radius 1 is 1.12 bits per heavy atom. The van der Waals surface area contributed by atoms with Crippen LogP contribution in [0.15, 0.2) is 24.7 Å². The van der Waals surface area contributed by atoms with Gasteiger partial charge in [0.25, 0.3) is 0 Å². The number of aryl methyl sites for hydroxylation is 4. The van der Waals surface area contributed by atoms with Gasteiger partial charge in [0.1, 0.15) is 5.69 Å². The molecule has 0 bridgehead atoms. The number of imidazole rings is 1. The van der Waals surface area contributed by atoms with Gasteiger partial charge in [-0.2, -0.15) is 0 Å². The van der Waals surface area contributed by atoms with Crippen molar-refractivity contribution in [1.29, 1.82) is 0 Å². The van der Waals surface area contributed by atoms with Crippen molar-refractivity contribution in [2.75, 3.05) is 0 Å². The number of hydrogen-bond donors (Lipinski definition) is 0. The smallest absolute Gasteiger partial charge is 0.213 e. The maximum Gasteiger partial charge on any atom is 0.213 e. The Balaban J connectivity index is 2.47. The van der Waals surface area contributed by atoms with E-state index in [9.17, 15) is 4.79 Å². The number of nitrogens with zero attached hydrogens (tertiary/aromatic N) is 2. The van der Waals surface area contributed by atoms with Crippen molar-refractivity contribution in [3.63, 3.8) is 0 Å². The fraction of sp³-hybridized carbons (Fsp3) is 0.286. The van der Waals surface area contributed by atoms with Gasteiger partial charge in [-0.15, -0.1) is 0 Å². The van der Waals surface area contributed by atoms with E-state index in [1.165, 1.54) is 5.56 Å². The molecule has 2 rings (SSSR count). The van der Waals surface area contributed by atoms with E-state index in [0.717, 1.165) is 16.7 Å². The zero-order valence-electron chi connectivity index (χ0n) is 10.6. The lowest BCUT2D eigenvalue weighted by Crippen LogP contribution is -2.05. The summed E-state index contributed by atoms with van der Waals surface area (Å²) in [5.41, 5.74) is 4.59. The number of hydrogen-bond acceptors (Lipinski definition) is 2. The molecule has 0 atom stereocenters. The van der Waals surface area contributed by atoms with E-state index in [0.29, 0.717) is 5.69 Å². The van der Waals surface area contributed by atoms with Gasteiger partial charge >= 0.3 is 0 Å². The number of carbonyl (C=O) groups excluding carboxylic acids is 1. The van der Waals surface area contributed by atoms with E-state index in [-0.39, 0.29) is 5.78 Å². The summed E-state index contributed by atoms with van der Waals surface area (Å²) in [4.78, 5) is 16.4. The van der Waals surface area contributed by atoms with Crippen molar-refractivity contribution in [1.82, 2.24) is 9.55 Å². The highest BCUT2D eigenvalue weighted by atomic mass is 16.1. The van der Waals surface area contributed by atoms with Crippen molar-refractivity contribution < 1.29 is 4.79 Å². The molecule has 0 aliphatic rings. The minimum absolute atomic E-state index is 0.00815. The standard InChI is InChI=1S/C14H16N2O/c1-9-5-11(3)12(6-10(9)2)14(17)13-7-16(4)8-15-13/h5-8H,1-4H3. The monoisotopic (exact) mass is 228 g/mol. The molecule has 1 aromatic carbocycles. The highest BCUT2D eigenvalue weighted by Gasteiger charge is 2.14. The quantitative estimate of drug-likeness (QED) is 0.740. The molecule has 88 valence electrons. The number of benzene rings is 1. The fourth-order valence-electron chi connectivity index (χ4n) is 1.87. The zero-order chi connectivity index (χ0) is 12.6. The maximum absolute atomic E-state index is 12.3. The third-order valence-corrected chi connectivity index (χ3v) is 3.02. The van der Waals surface area contributed by atoms with Crippen LogP contribution in [-0.2, 0) is 7.05 Å². The Bertz CT molecular complexity index is 582. The van der Waals surface area contributed by atoms with Crippen LogP contribution in [0.4, 0.5) is 0 Å². The molecule has 0 aliphatic heterocycles. The Kier molecular flexibility index (Phi) is 2.84. The maximum atomic E-state index is 12.3. The SMILES string of the molecule is Cc1cc(C)c(C(=O)c2cn(C)cn2)cc1C. The first-order valence-electron chi connectivity index (χ1n) is 5.59. The van der Waals surface area contributed by atoms with Crippen molar-refractivity contribution in [3.8, 4) is 0 Å². The Labute approximate surface area is 101 Å². The van der Waals surface area contributed by atoms with E-state index in [2.05, 4.69) is 11.9 Å². The molecule has 2 aromatic rings. The molecule has 3 nitrogen and oxygen atoms in total. The van der Waals surface area contributed by atoms with Crippen LogP contribution >= 0.6 is 0 Å². The van der Waals surface area contributed by atoms with Gasteiger partial charge in [0.15, 0.2) is 0 Å². The number of carbonyl (C=O) groups is 1. The summed E-state index contributed by atoms with van der Waals surface area (Å²) < 4.78 is 1.78. The molecular weight excluding hydrogens is 212 g/mol. The van der Waals surface area contributed by atoms with Gasteiger partial charge in [0.05, 0.1) is 6.33 Å². The molecule has 1 aromatic heterocycles. The topological polar surface area (TPSA) is 34.9 Å². The first-order chi connectivity index (χ1) is 7.99. The predicted octanol–water partition coefficient (Wildman–Crippen LogP) is 2.58. The largest absolute Gasteiger partial charge is 0.340 e. The Hall–Kier alpha value is -1.90. The van der Waals surface area contributed by atoms with Crippen LogP contribution in [0.5, 0.6) is 0 Å². The summed E-state index contributed by atoms with van der Waals surface area (Å²) in [5, 5.41) is 0. The fourth-order valence-corrected chi connectivity index (χ4v) is 1.87. The normalized spacial score (nSPS) is 10.6. The summed E-state index contributed by atoms with van der Waals surface area (Å²) in [6.45, 7) is 6.03. The second-order valence-electron chi connectivity index (χ2n) is 4.50. The van der Waals surface area contributed by atoms with Crippen molar-refractivity contribution >= 4 is 5.78 Å². The molecule has 0 radical (unpaired) electrons. The molecule has 0 fully saturated rings. The molecule has 0 unspecified atom stereocenters. The van der Waals surface area contributed by atoms with Crippen LogP contribution in [0.1, 0.15) is 32.7 Å². The molecule has 0 spiro atoms. The van der Waals surface area contributed by atoms with Gasteiger partial charge in [-0.25, -0.2) is 4.98 Å². The highest BCUT2D eigenvalue weighted by molar-refractivity contribution is 6.08. The summed E-state index contributed by atoms with van der Waals surface area (Å²) in [7, 11) is 1.86. The van der Waals surface area contributed by atoms with Crippen LogP contribution in [-0.4, -0.2) is 15.3 Å². The van der Waals surface area contributed by atoms with Crippen molar-refractivity contribution in [3.05, 3.63) is 52.6 Å². The highest BCUT2D eigenvalue weighted by Crippen LogP contribution is 2.18. The van der Waals surface area contributed by atoms with Gasteiger partial charge in [0, 0.05) is 18.8 Å². The van der Waals surface area contributed by atoms with Crippen LogP contribution in [0.25, 0.3) is 0 Å². The lowest BCUT2D eigenvalue weighted by atomic mass is 9.97. The molecular formula is C14H16N2O. The third-order valence-electron chi connectivity index (χ3n) is 3.02. The van der Waals surface area contributed by atoms with Crippen molar-refractivity contribution in [2.45, 2.75) is 20.8 Å². The van der Waals surface area contributed by atoms with Crippen LogP contribution < -0.4 is 0 Å². The van der Waals surface area contributed by atoms with E-state index < -0.39 is 0 Å². The molecule has 3 heteroatoms. The Morgan fingerprint density at radius 2 is 1.76 bits per heavy atom. The molecule has 17 heavy (non-hydrogen) atoms. The molecule has 0 N–H and O–H groups in total. The van der Waals surface area contributed by atoms with Crippen LogP contribution in [0, 0.1) is 20.8 Å². The van der Waals surface area contributed by atoms with Crippen LogP contribution in [0.3, 0.4) is 0 Å². The number of ketones is 1. The first-order valence-corrected chi connectivity index (χ1v) is 5.59. The summed E-state index contributed by atoms with van der Waals surface area (Å²) in [6, 6.07) is 3.99. The lowest BCUT2D eigenvalue weighted by Gasteiger charge is -2.07. The minimum Gasteiger partial charge on any atom is -0.340 e. The third kappa shape index (κ3) is 2.13. The predicted molar refractivity (Wildman–Crippen MR) is 67.3 cm³/mol. The summed E-state index contributed by atoms with van der Waals surface area (Å²) >= 11 is 0. The van der Waals surface area contributed by atoms with Gasteiger partial charge < -0.3 is 4.57 Å². The molecule has 0 saturated heterocycles. The van der Waals surface area contributed by atoms with Crippen molar-refractivity contribution in [2.24, 2.45) is 7.05 Å². The Morgan fingerprint density at radius 3 is 2.35 bits per heavy atom. The zero-order valence-corrected chi connectivity index (χ0v) is 10.6. The molecule has 0 saturated carbocycles. The van der Waals surface area contributed by atoms with E-state index in [4.69, 9.17) is 0 Å². The molecule has 0 amide bonds. The number of aromatic nitrogens is 2. The minimum atomic E-state index is -0.00815. The number of rotatable bonds is 2. The van der Waals surface area contributed by atoms with E-state index in [1.807, 2.05) is 33.0 Å². The second kappa shape index (κ2) is 4.17. The van der Waals surface area contributed by atoms with Gasteiger partial charge in [-0.1, -0.05) is 6.07 Å². The van der Waals surface area contributed by atoms with Gasteiger partial charge in [-0.3, -0.25) is 4.79 Å². The molecule has 1 heterocycles. The molecule has 0 aliphatic carbocycles. The first kappa shape index (κ1) is 11.6. The van der Waals surface area contributed by atoms with E-state index in [1.54, 1.807) is 17.1 Å². The summed E-state index contributed by atoms with van der Waals surface area (Å²) in [6.07, 6.45) is 3.39. The van der Waals surface area contributed by atoms with Gasteiger partial charge in [-0.05, 0) is 43.5 Å². The second-order valence-corrected chi connectivity index (χ2v) is 4.50. The average molecular weight is 228 g/mol. The summed E-state index contributed by atoms with van der Waals surface area (Å²) in [5.74, 6) is -0.00815. The van der Waals surface area contributed by atoms with Gasteiger partial charge in [0.2, 0.25) is 5.78 Å². The van der Waals surface area contributed by atoms with E-state index >= 15 is 0 Å².